The minimum absolute atomic E-state index is 0.0546. The van der Waals surface area contributed by atoms with Gasteiger partial charge in [0.25, 0.3) is 11.8 Å². The van der Waals surface area contributed by atoms with Crippen LogP contribution in [0.15, 0.2) is 79.0 Å². The van der Waals surface area contributed by atoms with Gasteiger partial charge >= 0.3 is 6.18 Å². The number of carbonyl (C=O) groups is 2. The van der Waals surface area contributed by atoms with Crippen LogP contribution in [0.3, 0.4) is 0 Å². The summed E-state index contributed by atoms with van der Waals surface area (Å²) in [5, 5.41) is 0.801. The van der Waals surface area contributed by atoms with E-state index in [2.05, 4.69) is 9.88 Å². The summed E-state index contributed by atoms with van der Waals surface area (Å²) in [6.45, 7) is 3.67. The predicted octanol–water partition coefficient (Wildman–Crippen LogP) is 6.49. The molecule has 2 aliphatic heterocycles. The molecule has 1 saturated heterocycles. The minimum atomic E-state index is -4.73. The monoisotopic (exact) mass is 689 g/mol. The molecule has 258 valence electrons. The molecule has 0 unspecified atom stereocenters. The standard InChI is InChI=1S/C36H31F4N5O5/c1-42(34(46)27-7-4-24(18-28(27)37)36(38,39)40)25-5-10-33(41-19-25)50-26-6-8-29-23(16-26)17-30(43(29)2)35(47)45-13-11-44(12-14-45)20-22-3-9-31-32(15-22)49-21-48-31/h3-10,15-19H,11-14,20-21H2,1-2H3. The molecule has 0 saturated carbocycles. The molecular weight excluding hydrogens is 658 g/mol. The van der Waals surface area contributed by atoms with E-state index in [1.807, 2.05) is 46.8 Å². The van der Waals surface area contributed by atoms with Gasteiger partial charge in [0.1, 0.15) is 17.3 Å². The number of benzene rings is 3. The summed E-state index contributed by atoms with van der Waals surface area (Å²) < 4.78 is 71.8. The molecule has 5 aromatic rings. The number of rotatable bonds is 7. The molecule has 0 radical (unpaired) electrons. The zero-order chi connectivity index (χ0) is 35.2. The Labute approximate surface area is 284 Å². The molecular formula is C36H31F4N5O5. The first-order valence-electron chi connectivity index (χ1n) is 15.7. The van der Waals surface area contributed by atoms with Crippen molar-refractivity contribution >= 4 is 28.4 Å². The molecule has 2 aliphatic rings. The quantitative estimate of drug-likeness (QED) is 0.181. The smallest absolute Gasteiger partial charge is 0.416 e. The Kier molecular flexibility index (Phi) is 8.56. The fourth-order valence-corrected chi connectivity index (χ4v) is 6.08. The van der Waals surface area contributed by atoms with E-state index in [0.717, 1.165) is 58.6 Å². The lowest BCUT2D eigenvalue weighted by atomic mass is 10.1. The van der Waals surface area contributed by atoms with Gasteiger partial charge in [0, 0.05) is 63.8 Å². The second-order valence-electron chi connectivity index (χ2n) is 12.1. The Morgan fingerprint density at radius 2 is 1.70 bits per heavy atom. The Balaban J connectivity index is 0.975. The van der Waals surface area contributed by atoms with E-state index in [1.165, 1.54) is 25.4 Å². The van der Waals surface area contributed by atoms with Gasteiger partial charge in [-0.25, -0.2) is 9.37 Å². The molecule has 4 heterocycles. The molecule has 1 fully saturated rings. The van der Waals surface area contributed by atoms with Crippen molar-refractivity contribution in [2.24, 2.45) is 7.05 Å². The number of anilines is 1. The molecule has 2 amide bonds. The maximum Gasteiger partial charge on any atom is 0.416 e. The summed E-state index contributed by atoms with van der Waals surface area (Å²) in [6.07, 6.45) is -3.39. The van der Waals surface area contributed by atoms with E-state index in [4.69, 9.17) is 14.2 Å². The Morgan fingerprint density at radius 1 is 0.920 bits per heavy atom. The van der Waals surface area contributed by atoms with Crippen LogP contribution in [0.2, 0.25) is 0 Å². The highest BCUT2D eigenvalue weighted by molar-refractivity contribution is 6.06. The van der Waals surface area contributed by atoms with Crippen LogP contribution >= 0.6 is 0 Å². The van der Waals surface area contributed by atoms with Gasteiger partial charge in [-0.2, -0.15) is 13.2 Å². The summed E-state index contributed by atoms with van der Waals surface area (Å²) in [4.78, 5) is 35.9. The summed E-state index contributed by atoms with van der Waals surface area (Å²) in [5.41, 5.74) is 1.12. The van der Waals surface area contributed by atoms with Crippen molar-refractivity contribution in [1.82, 2.24) is 19.4 Å². The molecule has 0 N–H and O–H groups in total. The number of carbonyl (C=O) groups excluding carboxylic acids is 2. The average Bonchev–Trinajstić information content (AvgIpc) is 3.71. The van der Waals surface area contributed by atoms with E-state index in [9.17, 15) is 27.2 Å². The lowest BCUT2D eigenvalue weighted by Gasteiger charge is -2.34. The topological polar surface area (TPSA) is 89.4 Å². The Bertz CT molecular complexity index is 2090. The van der Waals surface area contributed by atoms with E-state index in [0.29, 0.717) is 36.7 Å². The van der Waals surface area contributed by atoms with Crippen LogP contribution in [0, 0.1) is 5.82 Å². The van der Waals surface area contributed by atoms with Crippen LogP contribution in [0.4, 0.5) is 23.2 Å². The second-order valence-corrected chi connectivity index (χ2v) is 12.1. The van der Waals surface area contributed by atoms with Gasteiger partial charge in [0.2, 0.25) is 12.7 Å². The van der Waals surface area contributed by atoms with Gasteiger partial charge in [-0.1, -0.05) is 6.07 Å². The molecule has 2 aromatic heterocycles. The molecule has 3 aromatic carbocycles. The number of aryl methyl sites for hydroxylation is 1. The number of nitrogens with zero attached hydrogens (tertiary/aromatic N) is 5. The number of hydrogen-bond acceptors (Lipinski definition) is 7. The number of ether oxygens (including phenoxy) is 3. The van der Waals surface area contributed by atoms with E-state index in [1.54, 1.807) is 12.1 Å². The third-order valence-electron chi connectivity index (χ3n) is 8.90. The van der Waals surface area contributed by atoms with E-state index >= 15 is 0 Å². The number of piperazine rings is 1. The van der Waals surface area contributed by atoms with Crippen molar-refractivity contribution in [3.8, 4) is 23.1 Å². The molecule has 0 spiro atoms. The molecule has 50 heavy (non-hydrogen) atoms. The number of alkyl halides is 3. The average molecular weight is 690 g/mol. The van der Waals surface area contributed by atoms with Crippen molar-refractivity contribution in [3.05, 3.63) is 107 Å². The van der Waals surface area contributed by atoms with Gasteiger partial charge in [-0.05, 0) is 66.2 Å². The first kappa shape index (κ1) is 32.9. The first-order valence-corrected chi connectivity index (χ1v) is 15.7. The number of hydrogen-bond donors (Lipinski definition) is 0. The maximum atomic E-state index is 14.4. The SMILES string of the molecule is CN(C(=O)c1ccc(C(F)(F)F)cc1F)c1ccc(Oc2ccc3c(c2)cc(C(=O)N2CCN(Cc4ccc5c(c4)OCO5)CC2)n3C)nc1. The first-order chi connectivity index (χ1) is 23.9. The lowest BCUT2D eigenvalue weighted by Crippen LogP contribution is -2.48. The van der Waals surface area contributed by atoms with E-state index < -0.39 is 29.0 Å². The number of halogens is 4. The molecule has 14 heteroatoms. The molecule has 7 rings (SSSR count). The van der Waals surface area contributed by atoms with Gasteiger partial charge in [-0.3, -0.25) is 14.5 Å². The fourth-order valence-electron chi connectivity index (χ4n) is 6.08. The fraction of sp³-hybridized carbons (Fsp3) is 0.250. The number of fused-ring (bicyclic) bond motifs is 2. The third kappa shape index (κ3) is 6.53. The van der Waals surface area contributed by atoms with Gasteiger partial charge in [0.15, 0.2) is 11.5 Å². The molecule has 0 bridgehead atoms. The van der Waals surface area contributed by atoms with Crippen molar-refractivity contribution in [1.29, 1.82) is 0 Å². The third-order valence-corrected chi connectivity index (χ3v) is 8.90. The van der Waals surface area contributed by atoms with Gasteiger partial charge < -0.3 is 28.6 Å². The van der Waals surface area contributed by atoms with Crippen molar-refractivity contribution in [2.75, 3.05) is 44.9 Å². The second kappa shape index (κ2) is 13.0. The van der Waals surface area contributed by atoms with Crippen molar-refractivity contribution in [3.63, 3.8) is 0 Å². The summed E-state index contributed by atoms with van der Waals surface area (Å²) in [6, 6.07) is 18.0. The van der Waals surface area contributed by atoms with Crippen LogP contribution in [0.25, 0.3) is 10.9 Å². The minimum Gasteiger partial charge on any atom is -0.454 e. The van der Waals surface area contributed by atoms with Gasteiger partial charge in [-0.15, -0.1) is 0 Å². The number of pyridine rings is 1. The summed E-state index contributed by atoms with van der Waals surface area (Å²) in [7, 11) is 3.21. The molecule has 0 aliphatic carbocycles. The Hall–Kier alpha value is -5.63. The highest BCUT2D eigenvalue weighted by Crippen LogP contribution is 2.34. The van der Waals surface area contributed by atoms with Crippen LogP contribution < -0.4 is 19.1 Å². The lowest BCUT2D eigenvalue weighted by molar-refractivity contribution is -0.137. The summed E-state index contributed by atoms with van der Waals surface area (Å²) >= 11 is 0. The van der Waals surface area contributed by atoms with Crippen molar-refractivity contribution in [2.45, 2.75) is 12.7 Å². The van der Waals surface area contributed by atoms with Gasteiger partial charge in [0.05, 0.1) is 23.0 Å². The highest BCUT2D eigenvalue weighted by Gasteiger charge is 2.32. The number of aromatic nitrogens is 2. The van der Waals surface area contributed by atoms with Crippen LogP contribution in [-0.2, 0) is 19.8 Å². The molecule has 10 nitrogen and oxygen atoms in total. The van der Waals surface area contributed by atoms with Crippen LogP contribution in [0.1, 0.15) is 32.0 Å². The number of amides is 2. The van der Waals surface area contributed by atoms with Crippen molar-refractivity contribution < 1.29 is 41.4 Å². The zero-order valence-corrected chi connectivity index (χ0v) is 27.0. The maximum absolute atomic E-state index is 14.4. The molecule has 0 atom stereocenters. The van der Waals surface area contributed by atoms with Crippen LogP contribution in [0.5, 0.6) is 23.1 Å². The summed E-state index contributed by atoms with van der Waals surface area (Å²) in [5.74, 6) is 0.0190. The van der Waals surface area contributed by atoms with Crippen LogP contribution in [-0.4, -0.2) is 71.2 Å². The van der Waals surface area contributed by atoms with E-state index in [-0.39, 0.29) is 24.3 Å². The zero-order valence-electron chi connectivity index (χ0n) is 27.0. The Morgan fingerprint density at radius 3 is 2.42 bits per heavy atom. The predicted molar refractivity (Wildman–Crippen MR) is 175 cm³/mol. The largest absolute Gasteiger partial charge is 0.454 e. The highest BCUT2D eigenvalue weighted by atomic mass is 19.4. The normalized spacial score (nSPS) is 14.6.